The summed E-state index contributed by atoms with van der Waals surface area (Å²) in [6, 6.07) is 21.0. The number of hydrogen-bond donors (Lipinski definition) is 1. The minimum atomic E-state index is -0.306. The molecule has 1 N–H and O–H groups in total. The van der Waals surface area contributed by atoms with Crippen molar-refractivity contribution in [1.82, 2.24) is 20.1 Å². The van der Waals surface area contributed by atoms with Gasteiger partial charge < -0.3 is 14.8 Å². The number of amides is 2. The molecule has 4 aromatic rings. The molecule has 0 aliphatic carbocycles. The largest absolute Gasteiger partial charge is 0.497 e. The third kappa shape index (κ3) is 5.46. The molecule has 3 heterocycles. The first-order chi connectivity index (χ1) is 19.0. The molecule has 39 heavy (non-hydrogen) atoms. The number of aromatic nitrogens is 3. The summed E-state index contributed by atoms with van der Waals surface area (Å²) in [6.45, 7) is 0.128. The van der Waals surface area contributed by atoms with Gasteiger partial charge >= 0.3 is 0 Å². The Kier molecular flexibility index (Phi) is 7.83. The van der Waals surface area contributed by atoms with Gasteiger partial charge in [-0.3, -0.25) is 24.2 Å². The summed E-state index contributed by atoms with van der Waals surface area (Å²) < 4.78 is 12.9. The highest BCUT2D eigenvalue weighted by Crippen LogP contribution is 2.50. The maximum Gasteiger partial charge on any atom is 0.240 e. The van der Waals surface area contributed by atoms with Crippen LogP contribution < -0.4 is 19.7 Å². The van der Waals surface area contributed by atoms with Crippen molar-refractivity contribution < 1.29 is 19.1 Å². The number of nitrogens with one attached hydrogen (secondary N) is 1. The van der Waals surface area contributed by atoms with Crippen LogP contribution in [0.1, 0.15) is 22.1 Å². The van der Waals surface area contributed by atoms with Gasteiger partial charge in [0.2, 0.25) is 11.8 Å². The molecular formula is C29H29N5O4S. The van der Waals surface area contributed by atoms with Crippen molar-refractivity contribution in [3.05, 3.63) is 89.7 Å². The summed E-state index contributed by atoms with van der Waals surface area (Å²) in [5.74, 6) is 1.63. The van der Waals surface area contributed by atoms with E-state index >= 15 is 0 Å². The van der Waals surface area contributed by atoms with Gasteiger partial charge in [-0.2, -0.15) is 5.10 Å². The van der Waals surface area contributed by atoms with Gasteiger partial charge in [-0.25, -0.2) is 0 Å². The van der Waals surface area contributed by atoms with Gasteiger partial charge in [-0.05, 0) is 30.3 Å². The van der Waals surface area contributed by atoms with E-state index in [0.29, 0.717) is 17.3 Å². The van der Waals surface area contributed by atoms with Crippen LogP contribution in [-0.2, 0) is 23.2 Å². The fourth-order valence-electron chi connectivity index (χ4n) is 4.68. The van der Waals surface area contributed by atoms with E-state index in [1.165, 1.54) is 16.7 Å². The smallest absolute Gasteiger partial charge is 0.240 e. The molecule has 0 radical (unpaired) electrons. The van der Waals surface area contributed by atoms with Crippen molar-refractivity contribution in [2.75, 3.05) is 31.4 Å². The lowest BCUT2D eigenvalue weighted by atomic mass is 9.98. The van der Waals surface area contributed by atoms with Crippen molar-refractivity contribution in [1.29, 1.82) is 0 Å². The quantitative estimate of drug-likeness (QED) is 0.359. The maximum absolute atomic E-state index is 13.6. The molecule has 9 nitrogen and oxygen atoms in total. The summed E-state index contributed by atoms with van der Waals surface area (Å²) in [6.07, 6.45) is 1.68. The van der Waals surface area contributed by atoms with Crippen molar-refractivity contribution in [2.45, 2.75) is 11.8 Å². The minimum Gasteiger partial charge on any atom is -0.497 e. The van der Waals surface area contributed by atoms with E-state index in [0.717, 1.165) is 28.1 Å². The fourth-order valence-corrected chi connectivity index (χ4v) is 5.89. The number of ether oxygens (including phenoxy) is 2. The summed E-state index contributed by atoms with van der Waals surface area (Å²) in [4.78, 5) is 32.4. The Balaban J connectivity index is 1.59. The topological polar surface area (TPSA) is 98.6 Å². The molecule has 2 amide bonds. The van der Waals surface area contributed by atoms with Gasteiger partial charge in [0.15, 0.2) is 0 Å². The molecule has 10 heteroatoms. The number of thioether (sulfide) groups is 1. The number of rotatable bonds is 8. The van der Waals surface area contributed by atoms with Crippen LogP contribution in [0.5, 0.6) is 11.5 Å². The monoisotopic (exact) mass is 543 g/mol. The number of carbonyl (C=O) groups excluding carboxylic acids is 2. The van der Waals surface area contributed by atoms with E-state index in [2.05, 4.69) is 10.3 Å². The van der Waals surface area contributed by atoms with Gasteiger partial charge in [-0.15, -0.1) is 11.8 Å². The number of benzene rings is 2. The van der Waals surface area contributed by atoms with E-state index < -0.39 is 0 Å². The van der Waals surface area contributed by atoms with E-state index in [4.69, 9.17) is 14.6 Å². The van der Waals surface area contributed by atoms with Crippen molar-refractivity contribution in [3.63, 3.8) is 0 Å². The fraction of sp³-hybridized carbons (Fsp3) is 0.241. The molecule has 1 aliphatic heterocycles. The molecule has 200 valence electrons. The molecule has 0 bridgehead atoms. The van der Waals surface area contributed by atoms with Crippen LogP contribution in [0, 0.1) is 0 Å². The number of methoxy groups -OCH3 is 2. The Hall–Kier alpha value is -4.31. The predicted molar refractivity (Wildman–Crippen MR) is 151 cm³/mol. The first-order valence-corrected chi connectivity index (χ1v) is 13.5. The van der Waals surface area contributed by atoms with Gasteiger partial charge in [-0.1, -0.05) is 36.4 Å². The van der Waals surface area contributed by atoms with E-state index in [9.17, 15) is 9.59 Å². The maximum atomic E-state index is 13.6. The zero-order chi connectivity index (χ0) is 27.4. The van der Waals surface area contributed by atoms with E-state index in [-0.39, 0.29) is 35.9 Å². The van der Waals surface area contributed by atoms with Crippen molar-refractivity contribution in [3.8, 4) is 22.8 Å². The van der Waals surface area contributed by atoms with Gasteiger partial charge in [0, 0.05) is 29.9 Å². The van der Waals surface area contributed by atoms with Gasteiger partial charge in [0.05, 0.1) is 43.2 Å². The third-order valence-corrected chi connectivity index (χ3v) is 7.74. The molecule has 5 rings (SSSR count). The normalized spacial score (nSPS) is 14.9. The van der Waals surface area contributed by atoms with E-state index in [1.807, 2.05) is 66.7 Å². The second-order valence-electron chi connectivity index (χ2n) is 8.95. The number of aryl methyl sites for hydroxylation is 1. The zero-order valence-electron chi connectivity index (χ0n) is 22.0. The molecule has 0 saturated carbocycles. The minimum absolute atomic E-state index is 0.144. The van der Waals surface area contributed by atoms with Crippen LogP contribution in [0.2, 0.25) is 0 Å². The molecular weight excluding hydrogens is 514 g/mol. The number of pyridine rings is 1. The van der Waals surface area contributed by atoms with Crippen LogP contribution in [-0.4, -0.2) is 53.1 Å². The number of carbonyl (C=O) groups is 2. The summed E-state index contributed by atoms with van der Waals surface area (Å²) in [5.41, 5.74) is 4.09. The predicted octanol–water partition coefficient (Wildman–Crippen LogP) is 3.98. The van der Waals surface area contributed by atoms with Crippen molar-refractivity contribution >= 4 is 29.4 Å². The lowest BCUT2D eigenvalue weighted by molar-refractivity contribution is -0.123. The van der Waals surface area contributed by atoms with E-state index in [1.54, 1.807) is 32.1 Å². The van der Waals surface area contributed by atoms with Crippen molar-refractivity contribution in [2.24, 2.45) is 7.05 Å². The molecule has 2 aromatic carbocycles. The Morgan fingerprint density at radius 2 is 1.87 bits per heavy atom. The Labute approximate surface area is 231 Å². The molecule has 0 saturated heterocycles. The van der Waals surface area contributed by atoms with Gasteiger partial charge in [0.25, 0.3) is 0 Å². The van der Waals surface area contributed by atoms with Crippen LogP contribution in [0.25, 0.3) is 11.3 Å². The molecule has 2 aromatic heterocycles. The molecule has 0 fully saturated rings. The standard InChI is InChI=1S/C29H29N5O4S/c1-33-29-26(27(32-33)19-9-5-4-6-10-19)28(22-15-21(37-2)12-13-23(22)38-3)39-18-25(36)34(29)17-24(35)31-16-20-11-7-8-14-30-20/h4-15,28H,16-18H2,1-3H3,(H,31,35)/t28-/m1/s1. The molecule has 0 spiro atoms. The van der Waals surface area contributed by atoms with Crippen LogP contribution in [0.3, 0.4) is 0 Å². The average Bonchev–Trinajstić information content (AvgIpc) is 3.24. The Bertz CT molecular complexity index is 1480. The molecule has 0 unspecified atom stereocenters. The number of nitrogens with zero attached hydrogens (tertiary/aromatic N) is 4. The Morgan fingerprint density at radius 1 is 1.08 bits per heavy atom. The summed E-state index contributed by atoms with van der Waals surface area (Å²) in [5, 5.41) is 7.44. The average molecular weight is 544 g/mol. The number of hydrogen-bond acceptors (Lipinski definition) is 7. The van der Waals surface area contributed by atoms with Crippen LogP contribution in [0.4, 0.5) is 5.82 Å². The van der Waals surface area contributed by atoms with Crippen LogP contribution in [0.15, 0.2) is 72.9 Å². The first-order valence-electron chi connectivity index (χ1n) is 12.4. The van der Waals surface area contributed by atoms with Gasteiger partial charge in [0.1, 0.15) is 23.9 Å². The highest BCUT2D eigenvalue weighted by atomic mass is 32.2. The first kappa shape index (κ1) is 26.3. The summed E-state index contributed by atoms with van der Waals surface area (Å²) in [7, 11) is 5.04. The summed E-state index contributed by atoms with van der Waals surface area (Å²) >= 11 is 1.48. The molecule has 1 atom stereocenters. The Morgan fingerprint density at radius 3 is 2.59 bits per heavy atom. The number of anilines is 1. The second kappa shape index (κ2) is 11.6. The lowest BCUT2D eigenvalue weighted by Gasteiger charge is -2.23. The molecule has 1 aliphatic rings. The SMILES string of the molecule is COc1ccc(OC)c([C@H]2SCC(=O)N(CC(=O)NCc3ccccn3)c3c2c(-c2ccccc2)nn3C)c1. The highest BCUT2D eigenvalue weighted by molar-refractivity contribution is 8.00. The third-order valence-electron chi connectivity index (χ3n) is 6.51. The second-order valence-corrected chi connectivity index (χ2v) is 10.0. The zero-order valence-corrected chi connectivity index (χ0v) is 22.8. The lowest BCUT2D eigenvalue weighted by Crippen LogP contribution is -2.42. The highest BCUT2D eigenvalue weighted by Gasteiger charge is 2.37. The number of fused-ring (bicyclic) bond motifs is 1. The van der Waals surface area contributed by atoms with Crippen LogP contribution >= 0.6 is 11.8 Å².